The first kappa shape index (κ1) is 16.8. The van der Waals surface area contributed by atoms with Gasteiger partial charge in [0.15, 0.2) is 5.82 Å². The van der Waals surface area contributed by atoms with Crippen LogP contribution in [-0.2, 0) is 7.05 Å². The molecule has 1 aromatic heterocycles. The molecule has 1 saturated heterocycles. The van der Waals surface area contributed by atoms with Gasteiger partial charge in [0.25, 0.3) is 0 Å². The molecule has 2 aromatic rings. The highest BCUT2D eigenvalue weighted by molar-refractivity contribution is 7.99. The van der Waals surface area contributed by atoms with Gasteiger partial charge in [-0.05, 0) is 37.1 Å². The largest absolute Gasteiger partial charge is 0.338 e. The molecule has 0 bridgehead atoms. The maximum Gasteiger partial charge on any atom is 0.318 e. The summed E-state index contributed by atoms with van der Waals surface area (Å²) in [6.07, 6.45) is 4.59. The molecule has 2 amide bonds. The van der Waals surface area contributed by atoms with Crippen molar-refractivity contribution >= 4 is 17.8 Å². The first-order valence-corrected chi connectivity index (χ1v) is 9.30. The standard InChI is InChI=1S/C17H23N5OS/c1-21-13-19-20-16(21)15-9-5-11-22(15)17(23)18-10-6-12-24-14-7-3-2-4-8-14/h2-4,7-8,13,15H,5-6,9-12H2,1H3,(H,18,23)/t15-/m0/s1. The molecule has 1 aliphatic rings. The fraction of sp³-hybridized carbons (Fsp3) is 0.471. The monoisotopic (exact) mass is 345 g/mol. The Kier molecular flexibility index (Phi) is 5.74. The fourth-order valence-corrected chi connectivity index (χ4v) is 3.82. The van der Waals surface area contributed by atoms with Crippen molar-refractivity contribution in [2.75, 3.05) is 18.8 Å². The maximum atomic E-state index is 12.4. The summed E-state index contributed by atoms with van der Waals surface area (Å²) in [6, 6.07) is 10.4. The molecule has 128 valence electrons. The molecule has 0 spiro atoms. The molecule has 0 radical (unpaired) electrons. The number of urea groups is 1. The zero-order valence-corrected chi connectivity index (χ0v) is 14.7. The van der Waals surface area contributed by atoms with Crippen molar-refractivity contribution in [2.45, 2.75) is 30.2 Å². The number of amides is 2. The third kappa shape index (κ3) is 4.08. The molecule has 6 nitrogen and oxygen atoms in total. The van der Waals surface area contributed by atoms with Gasteiger partial charge in [-0.3, -0.25) is 0 Å². The highest BCUT2D eigenvalue weighted by Gasteiger charge is 2.32. The minimum Gasteiger partial charge on any atom is -0.338 e. The van der Waals surface area contributed by atoms with Crippen LogP contribution in [0.4, 0.5) is 4.79 Å². The van der Waals surface area contributed by atoms with Gasteiger partial charge >= 0.3 is 6.03 Å². The van der Waals surface area contributed by atoms with E-state index in [4.69, 9.17) is 0 Å². The Morgan fingerprint density at radius 1 is 1.38 bits per heavy atom. The molecule has 1 aliphatic heterocycles. The van der Waals surface area contributed by atoms with E-state index in [0.29, 0.717) is 6.54 Å². The van der Waals surface area contributed by atoms with Crippen LogP contribution in [0.15, 0.2) is 41.6 Å². The average Bonchev–Trinajstić information content (AvgIpc) is 3.23. The molecular weight excluding hydrogens is 322 g/mol. The summed E-state index contributed by atoms with van der Waals surface area (Å²) in [5, 5.41) is 11.1. The number of carbonyl (C=O) groups is 1. The average molecular weight is 345 g/mol. The van der Waals surface area contributed by atoms with Gasteiger partial charge in [0, 0.05) is 25.0 Å². The molecule has 0 aliphatic carbocycles. The second-order valence-electron chi connectivity index (χ2n) is 5.90. The second-order valence-corrected chi connectivity index (χ2v) is 7.07. The zero-order chi connectivity index (χ0) is 16.8. The Hall–Kier alpha value is -2.02. The van der Waals surface area contributed by atoms with Crippen molar-refractivity contribution in [3.05, 3.63) is 42.5 Å². The van der Waals surface area contributed by atoms with Gasteiger partial charge in [0.05, 0.1) is 6.04 Å². The maximum absolute atomic E-state index is 12.4. The van der Waals surface area contributed by atoms with Crippen molar-refractivity contribution in [1.82, 2.24) is 25.0 Å². The number of carbonyl (C=O) groups excluding carboxylic acids is 1. The van der Waals surface area contributed by atoms with Gasteiger partial charge in [-0.1, -0.05) is 18.2 Å². The number of nitrogens with one attached hydrogen (secondary N) is 1. The molecule has 1 N–H and O–H groups in total. The predicted molar refractivity (Wildman–Crippen MR) is 94.9 cm³/mol. The molecule has 24 heavy (non-hydrogen) atoms. The van der Waals surface area contributed by atoms with E-state index in [9.17, 15) is 4.79 Å². The van der Waals surface area contributed by atoms with Gasteiger partial charge in [-0.15, -0.1) is 22.0 Å². The highest BCUT2D eigenvalue weighted by Crippen LogP contribution is 2.30. The van der Waals surface area contributed by atoms with Gasteiger partial charge in [0.1, 0.15) is 6.33 Å². The smallest absolute Gasteiger partial charge is 0.318 e. The third-order valence-corrected chi connectivity index (χ3v) is 5.27. The minimum absolute atomic E-state index is 0.00483. The number of nitrogens with zero attached hydrogens (tertiary/aromatic N) is 4. The van der Waals surface area contributed by atoms with E-state index >= 15 is 0 Å². The van der Waals surface area contributed by atoms with Gasteiger partial charge < -0.3 is 14.8 Å². The van der Waals surface area contributed by atoms with Gasteiger partial charge in [-0.2, -0.15) is 0 Å². The topological polar surface area (TPSA) is 63.1 Å². The Bertz CT molecular complexity index is 660. The van der Waals surface area contributed by atoms with E-state index in [0.717, 1.165) is 37.4 Å². The molecule has 3 rings (SSSR count). The lowest BCUT2D eigenvalue weighted by molar-refractivity contribution is 0.190. The minimum atomic E-state index is 0.00483. The number of likely N-dealkylation sites (tertiary alicyclic amines) is 1. The number of hydrogen-bond donors (Lipinski definition) is 1. The van der Waals surface area contributed by atoms with Crippen molar-refractivity contribution in [2.24, 2.45) is 7.05 Å². The normalized spacial score (nSPS) is 17.2. The highest BCUT2D eigenvalue weighted by atomic mass is 32.2. The lowest BCUT2D eigenvalue weighted by atomic mass is 10.2. The van der Waals surface area contributed by atoms with E-state index in [2.05, 4.69) is 27.6 Å². The lowest BCUT2D eigenvalue weighted by Crippen LogP contribution is -2.40. The summed E-state index contributed by atoms with van der Waals surface area (Å²) in [5.41, 5.74) is 0. The second kappa shape index (κ2) is 8.19. The number of benzene rings is 1. The van der Waals surface area contributed by atoms with Crippen LogP contribution >= 0.6 is 11.8 Å². The van der Waals surface area contributed by atoms with Crippen LogP contribution in [0.3, 0.4) is 0 Å². The van der Waals surface area contributed by atoms with E-state index in [1.54, 1.807) is 6.33 Å². The van der Waals surface area contributed by atoms with Crippen LogP contribution in [0.5, 0.6) is 0 Å². The van der Waals surface area contributed by atoms with E-state index in [1.807, 2.05) is 46.5 Å². The quantitative estimate of drug-likeness (QED) is 0.646. The molecule has 2 heterocycles. The molecular formula is C17H23N5OS. The van der Waals surface area contributed by atoms with Crippen molar-refractivity contribution < 1.29 is 4.79 Å². The van der Waals surface area contributed by atoms with E-state index in [1.165, 1.54) is 4.90 Å². The Labute approximate surface area is 146 Å². The fourth-order valence-electron chi connectivity index (χ4n) is 2.95. The Morgan fingerprint density at radius 2 is 2.21 bits per heavy atom. The number of thioether (sulfide) groups is 1. The van der Waals surface area contributed by atoms with Gasteiger partial charge in [0.2, 0.25) is 0 Å². The Morgan fingerprint density at radius 3 is 2.96 bits per heavy atom. The van der Waals surface area contributed by atoms with Crippen molar-refractivity contribution in [3.8, 4) is 0 Å². The van der Waals surface area contributed by atoms with Crippen LogP contribution in [0.1, 0.15) is 31.1 Å². The number of aromatic nitrogens is 3. The molecule has 1 fully saturated rings. The van der Waals surface area contributed by atoms with Crippen LogP contribution in [0.25, 0.3) is 0 Å². The molecule has 0 unspecified atom stereocenters. The summed E-state index contributed by atoms with van der Waals surface area (Å²) in [7, 11) is 1.92. The number of aryl methyl sites for hydroxylation is 1. The van der Waals surface area contributed by atoms with Crippen molar-refractivity contribution in [1.29, 1.82) is 0 Å². The number of rotatable bonds is 6. The zero-order valence-electron chi connectivity index (χ0n) is 13.9. The first-order chi connectivity index (χ1) is 11.8. The van der Waals surface area contributed by atoms with E-state index in [-0.39, 0.29) is 12.1 Å². The van der Waals surface area contributed by atoms with E-state index < -0.39 is 0 Å². The summed E-state index contributed by atoms with van der Waals surface area (Å²) < 4.78 is 1.90. The summed E-state index contributed by atoms with van der Waals surface area (Å²) in [6.45, 7) is 1.48. The van der Waals surface area contributed by atoms with Crippen LogP contribution < -0.4 is 5.32 Å². The molecule has 0 saturated carbocycles. The van der Waals surface area contributed by atoms with Gasteiger partial charge in [-0.25, -0.2) is 4.79 Å². The molecule has 1 atom stereocenters. The Balaban J connectivity index is 1.42. The lowest BCUT2D eigenvalue weighted by Gasteiger charge is -2.24. The molecule has 7 heteroatoms. The van der Waals surface area contributed by atoms with Crippen LogP contribution in [0, 0.1) is 0 Å². The summed E-state index contributed by atoms with van der Waals surface area (Å²) in [5.74, 6) is 1.86. The summed E-state index contributed by atoms with van der Waals surface area (Å²) >= 11 is 1.82. The molecule has 1 aromatic carbocycles. The SMILES string of the molecule is Cn1cnnc1[C@@H]1CCCN1C(=O)NCCCSc1ccccc1. The summed E-state index contributed by atoms with van der Waals surface area (Å²) in [4.78, 5) is 15.6. The third-order valence-electron chi connectivity index (χ3n) is 4.17. The first-order valence-electron chi connectivity index (χ1n) is 8.32. The van der Waals surface area contributed by atoms with Crippen LogP contribution in [-0.4, -0.2) is 44.5 Å². The number of hydrogen-bond acceptors (Lipinski definition) is 4. The van der Waals surface area contributed by atoms with Crippen LogP contribution in [0.2, 0.25) is 0 Å². The predicted octanol–water partition coefficient (Wildman–Crippen LogP) is 2.84. The van der Waals surface area contributed by atoms with Crippen molar-refractivity contribution in [3.63, 3.8) is 0 Å².